The lowest BCUT2D eigenvalue weighted by atomic mass is 10.1. The highest BCUT2D eigenvalue weighted by molar-refractivity contribution is 7.80. The lowest BCUT2D eigenvalue weighted by Crippen LogP contribution is -2.34. The fourth-order valence-corrected chi connectivity index (χ4v) is 1.65. The van der Waals surface area contributed by atoms with Gasteiger partial charge in [-0.15, -0.1) is 0 Å². The molecule has 0 saturated heterocycles. The van der Waals surface area contributed by atoms with Crippen LogP contribution in [0.4, 0.5) is 0 Å². The van der Waals surface area contributed by atoms with E-state index in [1.54, 1.807) is 7.05 Å². The van der Waals surface area contributed by atoms with Crippen molar-refractivity contribution >= 4 is 28.9 Å². The third kappa shape index (κ3) is 2.86. The van der Waals surface area contributed by atoms with Gasteiger partial charge >= 0.3 is 0 Å². The summed E-state index contributed by atoms with van der Waals surface area (Å²) in [4.78, 5) is 0. The van der Waals surface area contributed by atoms with Crippen molar-refractivity contribution in [1.29, 1.82) is 0 Å². The molecule has 0 radical (unpaired) electrons. The van der Waals surface area contributed by atoms with Gasteiger partial charge in [-0.05, 0) is 30.8 Å². The first-order valence-electron chi connectivity index (χ1n) is 4.38. The summed E-state index contributed by atoms with van der Waals surface area (Å²) in [6.07, 6.45) is 0. The van der Waals surface area contributed by atoms with Crippen LogP contribution in [0, 0.1) is 0 Å². The number of nitrogens with one attached hydrogen (secondary N) is 2. The number of hydrogen-bond donors (Lipinski definition) is 2. The summed E-state index contributed by atoms with van der Waals surface area (Å²) in [5, 5.41) is 7.36. The molecule has 0 fully saturated rings. The van der Waals surface area contributed by atoms with Gasteiger partial charge in [0.05, 0.1) is 6.04 Å². The van der Waals surface area contributed by atoms with Gasteiger partial charge in [0.15, 0.2) is 5.11 Å². The Balaban J connectivity index is 2.74. The molecule has 0 saturated carbocycles. The lowest BCUT2D eigenvalue weighted by molar-refractivity contribution is 0.710. The van der Waals surface area contributed by atoms with Crippen LogP contribution in [0.5, 0.6) is 0 Å². The first-order chi connectivity index (χ1) is 6.65. The molecule has 1 rings (SSSR count). The minimum atomic E-state index is 0.114. The van der Waals surface area contributed by atoms with E-state index in [1.807, 2.05) is 31.2 Å². The number of thiocarbonyl (C=S) groups is 1. The second-order valence-corrected chi connectivity index (χ2v) is 3.78. The zero-order valence-electron chi connectivity index (χ0n) is 8.17. The summed E-state index contributed by atoms with van der Waals surface area (Å²) in [5.41, 5.74) is 1.05. The minimum Gasteiger partial charge on any atom is -0.366 e. The predicted octanol–water partition coefficient (Wildman–Crippen LogP) is 2.49. The summed E-state index contributed by atoms with van der Waals surface area (Å²) in [7, 11) is 1.79. The van der Waals surface area contributed by atoms with Gasteiger partial charge in [-0.1, -0.05) is 29.8 Å². The number of hydrogen-bond acceptors (Lipinski definition) is 1. The van der Waals surface area contributed by atoms with Crippen molar-refractivity contribution < 1.29 is 0 Å². The first kappa shape index (κ1) is 11.3. The van der Waals surface area contributed by atoms with Gasteiger partial charge in [-0.25, -0.2) is 0 Å². The lowest BCUT2D eigenvalue weighted by Gasteiger charge is -2.16. The third-order valence-corrected chi connectivity index (χ3v) is 2.61. The maximum atomic E-state index is 6.04. The van der Waals surface area contributed by atoms with E-state index in [0.29, 0.717) is 5.11 Å². The molecule has 0 aliphatic carbocycles. The van der Waals surface area contributed by atoms with Gasteiger partial charge in [0, 0.05) is 12.1 Å². The Hall–Kier alpha value is -0.800. The van der Waals surface area contributed by atoms with Crippen molar-refractivity contribution in [2.45, 2.75) is 13.0 Å². The predicted molar refractivity (Wildman–Crippen MR) is 64.7 cm³/mol. The molecule has 0 aliphatic rings. The van der Waals surface area contributed by atoms with Gasteiger partial charge in [0.25, 0.3) is 0 Å². The maximum Gasteiger partial charge on any atom is 0.166 e. The highest BCUT2D eigenvalue weighted by Crippen LogP contribution is 2.21. The van der Waals surface area contributed by atoms with E-state index in [4.69, 9.17) is 23.8 Å². The second kappa shape index (κ2) is 5.17. The molecule has 76 valence electrons. The quantitative estimate of drug-likeness (QED) is 0.761. The van der Waals surface area contributed by atoms with Gasteiger partial charge in [-0.3, -0.25) is 0 Å². The SMILES string of the molecule is CNC(=S)N[C@H](C)c1ccccc1Cl. The molecule has 2 N–H and O–H groups in total. The Morgan fingerprint density at radius 3 is 2.64 bits per heavy atom. The van der Waals surface area contributed by atoms with Crippen molar-refractivity contribution in [2.75, 3.05) is 7.05 Å². The molecule has 0 spiro atoms. The zero-order chi connectivity index (χ0) is 10.6. The molecule has 1 aromatic carbocycles. The molecule has 0 bridgehead atoms. The monoisotopic (exact) mass is 228 g/mol. The fraction of sp³-hybridized carbons (Fsp3) is 0.300. The molecule has 0 aromatic heterocycles. The van der Waals surface area contributed by atoms with E-state index in [9.17, 15) is 0 Å². The van der Waals surface area contributed by atoms with Gasteiger partial charge < -0.3 is 10.6 Å². The Kier molecular flexibility index (Phi) is 4.17. The van der Waals surface area contributed by atoms with Crippen LogP contribution >= 0.6 is 23.8 Å². The smallest absolute Gasteiger partial charge is 0.166 e. The molecule has 0 heterocycles. The van der Waals surface area contributed by atoms with Crippen LogP contribution in [0.15, 0.2) is 24.3 Å². The average Bonchev–Trinajstić information content (AvgIpc) is 2.18. The van der Waals surface area contributed by atoms with Crippen molar-refractivity contribution in [3.05, 3.63) is 34.9 Å². The van der Waals surface area contributed by atoms with Gasteiger partial charge in [0.2, 0.25) is 0 Å². The normalized spacial score (nSPS) is 11.9. The van der Waals surface area contributed by atoms with Crippen LogP contribution in [-0.4, -0.2) is 12.2 Å². The van der Waals surface area contributed by atoms with Crippen LogP contribution in [0.2, 0.25) is 5.02 Å². The average molecular weight is 229 g/mol. The van der Waals surface area contributed by atoms with E-state index >= 15 is 0 Å². The van der Waals surface area contributed by atoms with Crippen LogP contribution in [0.25, 0.3) is 0 Å². The van der Waals surface area contributed by atoms with E-state index in [1.165, 1.54) is 0 Å². The van der Waals surface area contributed by atoms with Crippen LogP contribution in [0.1, 0.15) is 18.5 Å². The summed E-state index contributed by atoms with van der Waals surface area (Å²) < 4.78 is 0. The Labute approximate surface area is 94.7 Å². The van der Waals surface area contributed by atoms with Crippen LogP contribution < -0.4 is 10.6 Å². The second-order valence-electron chi connectivity index (χ2n) is 2.97. The standard InChI is InChI=1S/C10H13ClN2S/c1-7(13-10(14)12-2)8-5-3-4-6-9(8)11/h3-7H,1-2H3,(H2,12,13,14)/t7-/m1/s1. The Morgan fingerprint density at radius 2 is 2.07 bits per heavy atom. The van der Waals surface area contributed by atoms with E-state index in [-0.39, 0.29) is 6.04 Å². The van der Waals surface area contributed by atoms with E-state index < -0.39 is 0 Å². The maximum absolute atomic E-state index is 6.04. The largest absolute Gasteiger partial charge is 0.366 e. The number of rotatable bonds is 2. The van der Waals surface area contributed by atoms with Crippen molar-refractivity contribution in [3.8, 4) is 0 Å². The molecule has 1 aromatic rings. The summed E-state index contributed by atoms with van der Waals surface area (Å²) in [6, 6.07) is 7.84. The Bertz CT molecular complexity index is 328. The van der Waals surface area contributed by atoms with Crippen molar-refractivity contribution in [1.82, 2.24) is 10.6 Å². The van der Waals surface area contributed by atoms with Gasteiger partial charge in [-0.2, -0.15) is 0 Å². The van der Waals surface area contributed by atoms with Gasteiger partial charge in [0.1, 0.15) is 0 Å². The number of benzene rings is 1. The molecule has 0 amide bonds. The summed E-state index contributed by atoms with van der Waals surface area (Å²) >= 11 is 11.1. The molecule has 0 aliphatic heterocycles. The zero-order valence-corrected chi connectivity index (χ0v) is 9.75. The highest BCUT2D eigenvalue weighted by Gasteiger charge is 2.08. The summed E-state index contributed by atoms with van der Waals surface area (Å²) in [5.74, 6) is 0. The van der Waals surface area contributed by atoms with Crippen LogP contribution in [-0.2, 0) is 0 Å². The fourth-order valence-electron chi connectivity index (χ4n) is 1.17. The molecule has 14 heavy (non-hydrogen) atoms. The topological polar surface area (TPSA) is 24.1 Å². The molecule has 0 unspecified atom stereocenters. The van der Waals surface area contributed by atoms with E-state index in [0.717, 1.165) is 10.6 Å². The van der Waals surface area contributed by atoms with E-state index in [2.05, 4.69) is 10.6 Å². The van der Waals surface area contributed by atoms with Crippen LogP contribution in [0.3, 0.4) is 0 Å². The van der Waals surface area contributed by atoms with Crippen molar-refractivity contribution in [2.24, 2.45) is 0 Å². The first-order valence-corrected chi connectivity index (χ1v) is 5.16. The molecule has 4 heteroatoms. The molecular weight excluding hydrogens is 216 g/mol. The molecule has 2 nitrogen and oxygen atoms in total. The number of halogens is 1. The molecule has 1 atom stereocenters. The minimum absolute atomic E-state index is 0.114. The Morgan fingerprint density at radius 1 is 1.43 bits per heavy atom. The molecular formula is C10H13ClN2S. The third-order valence-electron chi connectivity index (χ3n) is 1.95. The summed E-state index contributed by atoms with van der Waals surface area (Å²) in [6.45, 7) is 2.02. The van der Waals surface area contributed by atoms with Crippen molar-refractivity contribution in [3.63, 3.8) is 0 Å². The highest BCUT2D eigenvalue weighted by atomic mass is 35.5.